The molecule has 1 rings (SSSR count). The van der Waals surface area contributed by atoms with Gasteiger partial charge in [-0.05, 0) is 37.9 Å². The number of hydrogen-bond donors (Lipinski definition) is 3. The quantitative estimate of drug-likeness (QED) is 0.333. The molecule has 0 unspecified atom stereocenters. The molecule has 0 saturated carbocycles. The Morgan fingerprint density at radius 3 is 2.52 bits per heavy atom. The Morgan fingerprint density at radius 2 is 1.76 bits per heavy atom. The van der Waals surface area contributed by atoms with E-state index in [0.29, 0.717) is 13.0 Å². The third-order valence-electron chi connectivity index (χ3n) is 4.61. The van der Waals surface area contributed by atoms with E-state index in [9.17, 15) is 4.79 Å². The number of unbranched alkanes of at least 4 members (excludes halogenated alkanes) is 6. The van der Waals surface area contributed by atoms with Crippen molar-refractivity contribution < 1.29 is 4.79 Å². The Bertz CT molecular complexity index is 476. The van der Waals surface area contributed by atoms with Crippen LogP contribution in [0.25, 0.3) is 0 Å². The van der Waals surface area contributed by atoms with Gasteiger partial charge >= 0.3 is 0 Å². The van der Waals surface area contributed by atoms with Gasteiger partial charge in [0.1, 0.15) is 0 Å². The lowest BCUT2D eigenvalue weighted by Gasteiger charge is -2.14. The number of nitrogens with one attached hydrogen (secondary N) is 1. The number of Topliss-reactive ketones (excluding diaryl/α,β-unsaturated/α-hetero) is 1. The van der Waals surface area contributed by atoms with Crippen LogP contribution in [0, 0.1) is 0 Å². The molecule has 0 aliphatic heterocycles. The molecule has 0 heterocycles. The Labute approximate surface area is 153 Å². The van der Waals surface area contributed by atoms with Crippen LogP contribution in [0.5, 0.6) is 0 Å². The van der Waals surface area contributed by atoms with Gasteiger partial charge in [0.25, 0.3) is 0 Å². The molecule has 1 aromatic carbocycles. The van der Waals surface area contributed by atoms with Crippen molar-refractivity contribution in [1.82, 2.24) is 5.32 Å². The fourth-order valence-electron chi connectivity index (χ4n) is 3.01. The van der Waals surface area contributed by atoms with E-state index < -0.39 is 6.04 Å². The summed E-state index contributed by atoms with van der Waals surface area (Å²) in [5.74, 6) is 0.0500. The zero-order valence-corrected chi connectivity index (χ0v) is 15.9. The first-order chi connectivity index (χ1) is 12.2. The van der Waals surface area contributed by atoms with Crippen molar-refractivity contribution in [3.63, 3.8) is 0 Å². The summed E-state index contributed by atoms with van der Waals surface area (Å²) in [6.07, 6.45) is 10.3. The standard InChI is InChI=1S/C21H37N3O/c1-2-3-4-5-6-11-16-24-17-18-12-7-8-13-19(18)21(25)20(23)14-9-10-15-22/h7-8,12-13,20,24H,2-6,9-11,14-17,22-23H2,1H3/t20-/m0/s1. The van der Waals surface area contributed by atoms with Gasteiger partial charge in [-0.25, -0.2) is 0 Å². The Balaban J connectivity index is 2.39. The van der Waals surface area contributed by atoms with Gasteiger partial charge in [-0.2, -0.15) is 0 Å². The normalized spacial score (nSPS) is 12.3. The Morgan fingerprint density at radius 1 is 1.04 bits per heavy atom. The van der Waals surface area contributed by atoms with Crippen molar-refractivity contribution in [2.75, 3.05) is 13.1 Å². The van der Waals surface area contributed by atoms with Gasteiger partial charge in [0.05, 0.1) is 6.04 Å². The zero-order valence-electron chi connectivity index (χ0n) is 15.9. The van der Waals surface area contributed by atoms with Gasteiger partial charge in [0.2, 0.25) is 0 Å². The molecule has 25 heavy (non-hydrogen) atoms. The number of carbonyl (C=O) groups excluding carboxylic acids is 1. The fraction of sp³-hybridized carbons (Fsp3) is 0.667. The topological polar surface area (TPSA) is 81.1 Å². The molecule has 0 aromatic heterocycles. The summed E-state index contributed by atoms with van der Waals surface area (Å²) in [5.41, 5.74) is 13.4. The van der Waals surface area contributed by atoms with Gasteiger partial charge in [-0.1, -0.05) is 69.7 Å². The number of ketones is 1. The van der Waals surface area contributed by atoms with Crippen LogP contribution in [0.2, 0.25) is 0 Å². The SMILES string of the molecule is CCCCCCCCNCc1ccccc1C(=O)[C@@H](N)CCCCN. The zero-order chi connectivity index (χ0) is 18.3. The summed E-state index contributed by atoms with van der Waals surface area (Å²) in [6, 6.07) is 7.39. The van der Waals surface area contributed by atoms with E-state index in [1.54, 1.807) is 0 Å². The Kier molecular flexibility index (Phi) is 12.2. The largest absolute Gasteiger partial charge is 0.330 e. The van der Waals surface area contributed by atoms with Crippen molar-refractivity contribution >= 4 is 5.78 Å². The van der Waals surface area contributed by atoms with Crippen molar-refractivity contribution in [1.29, 1.82) is 0 Å². The lowest BCUT2D eigenvalue weighted by atomic mass is 9.96. The molecule has 0 fully saturated rings. The highest BCUT2D eigenvalue weighted by molar-refractivity contribution is 6.01. The van der Waals surface area contributed by atoms with Gasteiger partial charge in [0.15, 0.2) is 5.78 Å². The first-order valence-corrected chi connectivity index (χ1v) is 9.99. The highest BCUT2D eigenvalue weighted by Crippen LogP contribution is 2.13. The monoisotopic (exact) mass is 347 g/mol. The number of rotatable bonds is 15. The Hall–Kier alpha value is -1.23. The molecule has 142 valence electrons. The summed E-state index contributed by atoms with van der Waals surface area (Å²) >= 11 is 0. The van der Waals surface area contributed by atoms with Crippen LogP contribution in [-0.4, -0.2) is 24.9 Å². The molecule has 0 amide bonds. The van der Waals surface area contributed by atoms with Crippen LogP contribution in [0.1, 0.15) is 80.6 Å². The maximum absolute atomic E-state index is 12.6. The molecular formula is C21H37N3O. The minimum atomic E-state index is -0.425. The average molecular weight is 348 g/mol. The van der Waals surface area contributed by atoms with E-state index in [-0.39, 0.29) is 5.78 Å². The molecule has 4 nitrogen and oxygen atoms in total. The van der Waals surface area contributed by atoms with Crippen LogP contribution >= 0.6 is 0 Å². The number of hydrogen-bond acceptors (Lipinski definition) is 4. The van der Waals surface area contributed by atoms with E-state index in [2.05, 4.69) is 12.2 Å². The van der Waals surface area contributed by atoms with E-state index in [1.165, 1.54) is 38.5 Å². The highest BCUT2D eigenvalue weighted by atomic mass is 16.1. The van der Waals surface area contributed by atoms with E-state index in [0.717, 1.165) is 37.1 Å². The highest BCUT2D eigenvalue weighted by Gasteiger charge is 2.17. The predicted octanol–water partition coefficient (Wildman–Crippen LogP) is 3.78. The summed E-state index contributed by atoms with van der Waals surface area (Å²) in [6.45, 7) is 4.62. The lowest BCUT2D eigenvalue weighted by Crippen LogP contribution is -2.31. The van der Waals surface area contributed by atoms with Gasteiger partial charge in [-0.15, -0.1) is 0 Å². The molecule has 0 aliphatic rings. The summed E-state index contributed by atoms with van der Waals surface area (Å²) in [5, 5.41) is 3.47. The molecule has 1 aromatic rings. The molecule has 0 bridgehead atoms. The lowest BCUT2D eigenvalue weighted by molar-refractivity contribution is 0.0955. The van der Waals surface area contributed by atoms with Crippen molar-refractivity contribution in [2.45, 2.75) is 77.3 Å². The second-order valence-electron chi connectivity index (χ2n) is 6.86. The van der Waals surface area contributed by atoms with Crippen LogP contribution < -0.4 is 16.8 Å². The summed E-state index contributed by atoms with van der Waals surface area (Å²) < 4.78 is 0. The van der Waals surface area contributed by atoms with Crippen molar-refractivity contribution in [3.8, 4) is 0 Å². The van der Waals surface area contributed by atoms with E-state index in [4.69, 9.17) is 11.5 Å². The smallest absolute Gasteiger partial charge is 0.179 e. The van der Waals surface area contributed by atoms with Crippen molar-refractivity contribution in [2.24, 2.45) is 11.5 Å². The van der Waals surface area contributed by atoms with Crippen LogP contribution in [0.15, 0.2) is 24.3 Å². The molecule has 0 spiro atoms. The maximum Gasteiger partial charge on any atom is 0.179 e. The van der Waals surface area contributed by atoms with Crippen molar-refractivity contribution in [3.05, 3.63) is 35.4 Å². The van der Waals surface area contributed by atoms with Crippen LogP contribution in [-0.2, 0) is 6.54 Å². The second kappa shape index (κ2) is 14.0. The predicted molar refractivity (Wildman–Crippen MR) is 107 cm³/mol. The minimum absolute atomic E-state index is 0.0500. The van der Waals surface area contributed by atoms with Gasteiger partial charge in [0, 0.05) is 12.1 Å². The van der Waals surface area contributed by atoms with Crippen LogP contribution in [0.3, 0.4) is 0 Å². The van der Waals surface area contributed by atoms with Gasteiger partial charge in [-0.3, -0.25) is 4.79 Å². The molecule has 4 heteroatoms. The second-order valence-corrected chi connectivity index (χ2v) is 6.86. The number of nitrogens with two attached hydrogens (primary N) is 2. The maximum atomic E-state index is 12.6. The molecule has 1 atom stereocenters. The molecule has 5 N–H and O–H groups in total. The third-order valence-corrected chi connectivity index (χ3v) is 4.61. The van der Waals surface area contributed by atoms with E-state index in [1.807, 2.05) is 24.3 Å². The molecule has 0 saturated heterocycles. The average Bonchev–Trinajstić information content (AvgIpc) is 2.63. The summed E-state index contributed by atoms with van der Waals surface area (Å²) in [4.78, 5) is 12.6. The van der Waals surface area contributed by atoms with Gasteiger partial charge < -0.3 is 16.8 Å². The number of benzene rings is 1. The fourth-order valence-corrected chi connectivity index (χ4v) is 3.01. The minimum Gasteiger partial charge on any atom is -0.330 e. The summed E-state index contributed by atoms with van der Waals surface area (Å²) in [7, 11) is 0. The van der Waals surface area contributed by atoms with E-state index >= 15 is 0 Å². The third kappa shape index (κ3) is 9.15. The van der Waals surface area contributed by atoms with Crippen LogP contribution in [0.4, 0.5) is 0 Å². The first-order valence-electron chi connectivity index (χ1n) is 9.99. The molecule has 0 radical (unpaired) electrons. The first kappa shape index (κ1) is 21.8. The molecule has 0 aliphatic carbocycles. The number of carbonyl (C=O) groups is 1. The molecular weight excluding hydrogens is 310 g/mol.